The predicted octanol–water partition coefficient (Wildman–Crippen LogP) is 1.44. The van der Waals surface area contributed by atoms with Crippen molar-refractivity contribution >= 4 is 23.5 Å². The fourth-order valence-corrected chi connectivity index (χ4v) is 5.19. The summed E-state index contributed by atoms with van der Waals surface area (Å²) in [6.07, 6.45) is 5.51. The van der Waals surface area contributed by atoms with E-state index in [1.165, 1.54) is 0 Å². The van der Waals surface area contributed by atoms with Gasteiger partial charge in [-0.2, -0.15) is 0 Å². The lowest BCUT2D eigenvalue weighted by atomic mass is 9.94. The van der Waals surface area contributed by atoms with Crippen molar-refractivity contribution in [2.75, 3.05) is 20.3 Å². The van der Waals surface area contributed by atoms with E-state index in [0.717, 1.165) is 37.7 Å². The number of carbonyl (C=O) groups excluding carboxylic acids is 4. The number of carbonyl (C=O) groups is 4. The fraction of sp³-hybridized carbons (Fsp3) is 0.643. The van der Waals surface area contributed by atoms with E-state index in [2.05, 4.69) is 16.0 Å². The number of rotatable bonds is 13. The Hall–Kier alpha value is -2.98. The molecule has 1 aliphatic carbocycles. The maximum Gasteiger partial charge on any atom is 0.249 e. The first kappa shape index (κ1) is 28.0. The first-order valence-corrected chi connectivity index (χ1v) is 13.6. The summed E-state index contributed by atoms with van der Waals surface area (Å²) in [7, 11) is 1.57. The van der Waals surface area contributed by atoms with Gasteiger partial charge in [0.05, 0.1) is 19.8 Å². The van der Waals surface area contributed by atoms with Crippen LogP contribution in [0.15, 0.2) is 24.3 Å². The van der Waals surface area contributed by atoms with Crippen molar-refractivity contribution in [3.8, 4) is 5.75 Å². The molecule has 0 aromatic heterocycles. The molecule has 0 spiro atoms. The number of benzene rings is 1. The van der Waals surface area contributed by atoms with Gasteiger partial charge in [0.25, 0.3) is 0 Å². The Morgan fingerprint density at radius 3 is 2.18 bits per heavy atom. The quantitative estimate of drug-likeness (QED) is 0.329. The minimum absolute atomic E-state index is 0.114. The number of nitrogens with one attached hydrogen (secondary N) is 3. The van der Waals surface area contributed by atoms with E-state index in [9.17, 15) is 19.2 Å². The van der Waals surface area contributed by atoms with Crippen LogP contribution in [0.1, 0.15) is 57.4 Å². The summed E-state index contributed by atoms with van der Waals surface area (Å²) in [5.74, 6) is -0.329. The summed E-state index contributed by atoms with van der Waals surface area (Å²) >= 11 is 0. The van der Waals surface area contributed by atoms with Gasteiger partial charge in [-0.3, -0.25) is 19.2 Å². The molecular formula is C28H39N3O7. The molecule has 5 atom stereocenters. The van der Waals surface area contributed by atoms with Crippen molar-refractivity contribution in [2.45, 2.75) is 88.6 Å². The highest BCUT2D eigenvalue weighted by atomic mass is 16.6. The van der Waals surface area contributed by atoms with E-state index in [1.807, 2.05) is 12.1 Å². The predicted molar refractivity (Wildman–Crippen MR) is 138 cm³/mol. The molecule has 10 heteroatoms. The Morgan fingerprint density at radius 1 is 0.895 bits per heavy atom. The van der Waals surface area contributed by atoms with Crippen LogP contribution in [-0.2, 0) is 35.1 Å². The molecule has 3 aliphatic rings. The van der Waals surface area contributed by atoms with Crippen LogP contribution in [0.3, 0.4) is 0 Å². The summed E-state index contributed by atoms with van der Waals surface area (Å²) in [4.78, 5) is 52.0. The zero-order chi connectivity index (χ0) is 27.1. The van der Waals surface area contributed by atoms with Crippen LogP contribution < -0.4 is 20.7 Å². The molecule has 1 aromatic carbocycles. The molecule has 1 aromatic rings. The molecular weight excluding hydrogens is 490 g/mol. The standard InChI is InChI=1S/C28H39N3O7/c1-17(29-28(35)23-8-5-13-37-23)26(33)31-22(15-19-9-11-20(36-2)12-10-19)27(34)30-21(25(32)24-16-38-24)14-18-6-3-4-7-18/h9-12,17-18,21-24H,3-8,13-16H2,1-2H3,(H,29,35)(H,30,34)(H,31,33)/t17-,21+,22+,23-,24-/m1/s1. The van der Waals surface area contributed by atoms with Gasteiger partial charge in [0, 0.05) is 13.0 Å². The number of ether oxygens (including phenoxy) is 3. The summed E-state index contributed by atoms with van der Waals surface area (Å²) in [6.45, 7) is 2.47. The highest BCUT2D eigenvalue weighted by Gasteiger charge is 2.39. The topological polar surface area (TPSA) is 135 Å². The van der Waals surface area contributed by atoms with E-state index < -0.39 is 42.1 Å². The van der Waals surface area contributed by atoms with Gasteiger partial charge in [0.2, 0.25) is 17.7 Å². The van der Waals surface area contributed by atoms with E-state index in [1.54, 1.807) is 26.2 Å². The molecule has 2 aliphatic heterocycles. The van der Waals surface area contributed by atoms with E-state index >= 15 is 0 Å². The first-order valence-electron chi connectivity index (χ1n) is 13.6. The number of methoxy groups -OCH3 is 1. The molecule has 10 nitrogen and oxygen atoms in total. The normalized spacial score (nSPS) is 23.2. The van der Waals surface area contributed by atoms with Gasteiger partial charge in [0.15, 0.2) is 5.78 Å². The number of ketones is 1. The van der Waals surface area contributed by atoms with Gasteiger partial charge in [0.1, 0.15) is 30.0 Å². The molecule has 1 saturated carbocycles. The third-order valence-electron chi connectivity index (χ3n) is 7.56. The van der Waals surface area contributed by atoms with Crippen molar-refractivity contribution in [2.24, 2.45) is 5.92 Å². The number of epoxide rings is 1. The molecule has 2 heterocycles. The minimum Gasteiger partial charge on any atom is -0.497 e. The fourth-order valence-electron chi connectivity index (χ4n) is 5.19. The maximum absolute atomic E-state index is 13.5. The molecule has 0 bridgehead atoms. The van der Waals surface area contributed by atoms with Crippen LogP contribution >= 0.6 is 0 Å². The molecule has 0 radical (unpaired) electrons. The Morgan fingerprint density at radius 2 is 1.58 bits per heavy atom. The number of hydrogen-bond donors (Lipinski definition) is 3. The van der Waals surface area contributed by atoms with E-state index in [0.29, 0.717) is 37.7 Å². The number of amides is 3. The molecule has 3 fully saturated rings. The SMILES string of the molecule is COc1ccc(C[C@H](NC(=O)[C@@H](C)NC(=O)[C@H]2CCCO2)C(=O)N[C@@H](CC2CCCC2)C(=O)[C@H]2CO2)cc1. The summed E-state index contributed by atoms with van der Waals surface area (Å²) in [5.41, 5.74) is 0.812. The summed E-state index contributed by atoms with van der Waals surface area (Å²) in [6, 6.07) is 4.75. The number of Topliss-reactive ketones (excluding diaryl/α,β-unsaturated/α-hetero) is 1. The van der Waals surface area contributed by atoms with E-state index in [-0.39, 0.29) is 18.1 Å². The summed E-state index contributed by atoms with van der Waals surface area (Å²) < 4.78 is 15.8. The zero-order valence-corrected chi connectivity index (χ0v) is 22.2. The van der Waals surface area contributed by atoms with Gasteiger partial charge in [-0.25, -0.2) is 0 Å². The van der Waals surface area contributed by atoms with Gasteiger partial charge >= 0.3 is 0 Å². The Bertz CT molecular complexity index is 983. The first-order chi connectivity index (χ1) is 18.3. The van der Waals surface area contributed by atoms with Crippen molar-refractivity contribution < 1.29 is 33.4 Å². The Labute approximate surface area is 223 Å². The van der Waals surface area contributed by atoms with Gasteiger partial charge in [-0.15, -0.1) is 0 Å². The van der Waals surface area contributed by atoms with Crippen molar-refractivity contribution in [1.82, 2.24) is 16.0 Å². The highest BCUT2D eigenvalue weighted by molar-refractivity contribution is 5.96. The van der Waals surface area contributed by atoms with E-state index in [4.69, 9.17) is 14.2 Å². The highest BCUT2D eigenvalue weighted by Crippen LogP contribution is 2.30. The second-order valence-electron chi connectivity index (χ2n) is 10.5. The number of hydrogen-bond acceptors (Lipinski definition) is 7. The molecule has 0 unspecified atom stereocenters. The third kappa shape index (κ3) is 7.77. The molecule has 3 N–H and O–H groups in total. The monoisotopic (exact) mass is 529 g/mol. The summed E-state index contributed by atoms with van der Waals surface area (Å²) in [5, 5.41) is 8.39. The Balaban J connectivity index is 1.44. The van der Waals surface area contributed by atoms with Crippen LogP contribution in [0.4, 0.5) is 0 Å². The average molecular weight is 530 g/mol. The van der Waals surface area contributed by atoms with Gasteiger partial charge in [-0.05, 0) is 49.8 Å². The minimum atomic E-state index is -0.947. The zero-order valence-electron chi connectivity index (χ0n) is 22.2. The van der Waals surface area contributed by atoms with Crippen LogP contribution in [0.2, 0.25) is 0 Å². The van der Waals surface area contributed by atoms with Crippen LogP contribution in [0.5, 0.6) is 5.75 Å². The molecule has 4 rings (SSSR count). The van der Waals surface area contributed by atoms with Crippen LogP contribution in [0, 0.1) is 5.92 Å². The van der Waals surface area contributed by atoms with Gasteiger partial charge < -0.3 is 30.2 Å². The molecule has 2 saturated heterocycles. The lowest BCUT2D eigenvalue weighted by Crippen LogP contribution is -2.56. The lowest BCUT2D eigenvalue weighted by Gasteiger charge is -2.26. The van der Waals surface area contributed by atoms with Crippen molar-refractivity contribution in [3.05, 3.63) is 29.8 Å². The Kier molecular flexibility index (Phi) is 9.74. The third-order valence-corrected chi connectivity index (χ3v) is 7.56. The second kappa shape index (κ2) is 13.2. The van der Waals surface area contributed by atoms with Crippen molar-refractivity contribution in [3.63, 3.8) is 0 Å². The lowest BCUT2D eigenvalue weighted by molar-refractivity contribution is -0.135. The van der Waals surface area contributed by atoms with Gasteiger partial charge in [-0.1, -0.05) is 37.8 Å². The maximum atomic E-state index is 13.5. The molecule has 208 valence electrons. The second-order valence-corrected chi connectivity index (χ2v) is 10.5. The smallest absolute Gasteiger partial charge is 0.249 e. The van der Waals surface area contributed by atoms with Crippen LogP contribution in [-0.4, -0.2) is 74.2 Å². The largest absolute Gasteiger partial charge is 0.497 e. The molecule has 3 amide bonds. The van der Waals surface area contributed by atoms with Crippen molar-refractivity contribution in [1.29, 1.82) is 0 Å². The van der Waals surface area contributed by atoms with Crippen LogP contribution in [0.25, 0.3) is 0 Å². The average Bonchev–Trinajstić information content (AvgIpc) is 3.36. The molecule has 38 heavy (non-hydrogen) atoms.